The summed E-state index contributed by atoms with van der Waals surface area (Å²) in [6, 6.07) is 5.77. The van der Waals surface area contributed by atoms with Crippen LogP contribution in [0.5, 0.6) is 0 Å². The second kappa shape index (κ2) is 6.05. The number of likely N-dealkylation sites (tertiary alicyclic amines) is 1. The first-order valence-corrected chi connectivity index (χ1v) is 6.92. The topological polar surface area (TPSA) is 40.5 Å². The number of hydrogen-bond acceptors (Lipinski definition) is 2. The molecule has 3 nitrogen and oxygen atoms in total. The summed E-state index contributed by atoms with van der Waals surface area (Å²) in [6.45, 7) is 2.54. The van der Waals surface area contributed by atoms with Gasteiger partial charge in [0.1, 0.15) is 0 Å². The first kappa shape index (κ1) is 15.8. The summed E-state index contributed by atoms with van der Waals surface area (Å²) in [5.74, 6) is -2.34. The van der Waals surface area contributed by atoms with E-state index in [1.165, 1.54) is 12.1 Å². The quantitative estimate of drug-likeness (QED) is 0.928. The monoisotopic (exact) mass is 301 g/mol. The smallest absolute Gasteiger partial charge is 0.393 e. The normalized spacial score (nSPS) is 24.0. The van der Waals surface area contributed by atoms with E-state index in [2.05, 4.69) is 0 Å². The fraction of sp³-hybridized carbons (Fsp3) is 0.533. The third kappa shape index (κ3) is 3.75. The van der Waals surface area contributed by atoms with Crippen LogP contribution in [0, 0.1) is 5.92 Å². The fourth-order valence-electron chi connectivity index (χ4n) is 2.91. The fourth-order valence-corrected chi connectivity index (χ4v) is 2.91. The molecule has 0 aromatic heterocycles. The third-order valence-electron chi connectivity index (χ3n) is 4.10. The second-order valence-corrected chi connectivity index (χ2v) is 5.51. The molecule has 1 heterocycles. The molecule has 1 aliphatic heterocycles. The molecule has 1 aromatic rings. The number of hydrogen-bond donors (Lipinski definition) is 1. The Morgan fingerprint density at radius 2 is 2.14 bits per heavy atom. The number of carbonyl (C=O) groups is 1. The molecule has 1 N–H and O–H groups in total. The Kier molecular flexibility index (Phi) is 4.56. The van der Waals surface area contributed by atoms with Gasteiger partial charge in [0, 0.05) is 12.6 Å². The van der Waals surface area contributed by atoms with E-state index in [-0.39, 0.29) is 12.0 Å². The molecule has 21 heavy (non-hydrogen) atoms. The van der Waals surface area contributed by atoms with Crippen molar-refractivity contribution in [2.75, 3.05) is 6.54 Å². The van der Waals surface area contributed by atoms with Crippen molar-refractivity contribution in [1.82, 2.24) is 4.90 Å². The number of carboxylic acid groups (broad SMARTS) is 1. The van der Waals surface area contributed by atoms with Crippen molar-refractivity contribution in [3.05, 3.63) is 35.4 Å². The van der Waals surface area contributed by atoms with Crippen LogP contribution in [0.25, 0.3) is 0 Å². The van der Waals surface area contributed by atoms with E-state index >= 15 is 0 Å². The highest BCUT2D eigenvalue weighted by Gasteiger charge is 2.46. The number of benzene rings is 1. The average molecular weight is 301 g/mol. The molecule has 1 saturated heterocycles. The van der Waals surface area contributed by atoms with Crippen LogP contribution in [-0.2, 0) is 6.54 Å². The lowest BCUT2D eigenvalue weighted by Gasteiger charge is -2.40. The first-order chi connectivity index (χ1) is 9.79. The van der Waals surface area contributed by atoms with Crippen LogP contribution in [-0.4, -0.2) is 34.7 Å². The number of carboxylic acids is 1. The predicted molar refractivity (Wildman–Crippen MR) is 72.1 cm³/mol. The van der Waals surface area contributed by atoms with Gasteiger partial charge in [-0.1, -0.05) is 12.1 Å². The van der Waals surface area contributed by atoms with Crippen molar-refractivity contribution in [3.8, 4) is 0 Å². The Morgan fingerprint density at radius 3 is 2.76 bits per heavy atom. The van der Waals surface area contributed by atoms with Gasteiger partial charge in [-0.05, 0) is 44.0 Å². The SMILES string of the molecule is CC1C(C(F)(F)F)CCCN1Cc1cccc(C(=O)O)c1. The van der Waals surface area contributed by atoms with Crippen molar-refractivity contribution >= 4 is 5.97 Å². The van der Waals surface area contributed by atoms with Gasteiger partial charge in [0.25, 0.3) is 0 Å². The number of rotatable bonds is 3. The van der Waals surface area contributed by atoms with Gasteiger partial charge in [-0.15, -0.1) is 0 Å². The van der Waals surface area contributed by atoms with E-state index in [1.807, 2.05) is 0 Å². The molecule has 6 heteroatoms. The molecule has 116 valence electrons. The van der Waals surface area contributed by atoms with Crippen LogP contribution in [0.3, 0.4) is 0 Å². The summed E-state index contributed by atoms with van der Waals surface area (Å²) in [5.41, 5.74) is 0.883. The lowest BCUT2D eigenvalue weighted by atomic mass is 9.89. The van der Waals surface area contributed by atoms with E-state index in [4.69, 9.17) is 5.11 Å². The molecule has 0 saturated carbocycles. The minimum Gasteiger partial charge on any atom is -0.478 e. The molecule has 0 spiro atoms. The summed E-state index contributed by atoms with van der Waals surface area (Å²) in [7, 11) is 0. The Bertz CT molecular complexity index is 516. The largest absolute Gasteiger partial charge is 0.478 e. The number of alkyl halides is 3. The van der Waals surface area contributed by atoms with Gasteiger partial charge in [0.05, 0.1) is 11.5 Å². The highest BCUT2D eigenvalue weighted by molar-refractivity contribution is 5.87. The molecule has 1 fully saturated rings. The van der Waals surface area contributed by atoms with E-state index < -0.39 is 24.1 Å². The van der Waals surface area contributed by atoms with E-state index in [9.17, 15) is 18.0 Å². The standard InChI is InChI=1S/C15H18F3NO2/c1-10-13(15(16,17)18)6-3-7-19(10)9-11-4-2-5-12(8-11)14(20)21/h2,4-5,8,10,13H,3,6-7,9H2,1H3,(H,20,21). The van der Waals surface area contributed by atoms with Crippen molar-refractivity contribution in [2.24, 2.45) is 5.92 Å². The summed E-state index contributed by atoms with van der Waals surface area (Å²) >= 11 is 0. The molecule has 2 rings (SSSR count). The number of halogens is 3. The highest BCUT2D eigenvalue weighted by Crippen LogP contribution is 2.37. The Morgan fingerprint density at radius 1 is 1.43 bits per heavy atom. The van der Waals surface area contributed by atoms with Crippen molar-refractivity contribution in [2.45, 2.75) is 38.5 Å². The zero-order valence-corrected chi connectivity index (χ0v) is 11.7. The maximum atomic E-state index is 13.0. The molecule has 1 aliphatic rings. The molecular formula is C15H18F3NO2. The summed E-state index contributed by atoms with van der Waals surface area (Å²) < 4.78 is 38.9. The zero-order valence-electron chi connectivity index (χ0n) is 11.7. The van der Waals surface area contributed by atoms with Crippen molar-refractivity contribution in [3.63, 3.8) is 0 Å². The average Bonchev–Trinajstić information content (AvgIpc) is 2.40. The van der Waals surface area contributed by atoms with Crippen LogP contribution in [0.15, 0.2) is 24.3 Å². The summed E-state index contributed by atoms with van der Waals surface area (Å²) in [6.07, 6.45) is -3.51. The van der Waals surface area contributed by atoms with Gasteiger partial charge in [0.15, 0.2) is 0 Å². The zero-order chi connectivity index (χ0) is 15.6. The Labute approximate surface area is 121 Å². The van der Waals surface area contributed by atoms with Gasteiger partial charge >= 0.3 is 12.1 Å². The van der Waals surface area contributed by atoms with E-state index in [0.717, 1.165) is 5.56 Å². The van der Waals surface area contributed by atoms with Crippen LogP contribution in [0.4, 0.5) is 13.2 Å². The molecule has 0 aliphatic carbocycles. The molecule has 2 atom stereocenters. The lowest BCUT2D eigenvalue weighted by Crippen LogP contribution is -2.48. The predicted octanol–water partition coefficient (Wildman–Crippen LogP) is 3.55. The van der Waals surface area contributed by atoms with Crippen LogP contribution < -0.4 is 0 Å². The minimum absolute atomic E-state index is 0.157. The second-order valence-electron chi connectivity index (χ2n) is 5.51. The van der Waals surface area contributed by atoms with Gasteiger partial charge in [-0.2, -0.15) is 13.2 Å². The number of piperidine rings is 1. The molecule has 1 aromatic carbocycles. The first-order valence-electron chi connectivity index (χ1n) is 6.92. The van der Waals surface area contributed by atoms with E-state index in [0.29, 0.717) is 19.5 Å². The van der Waals surface area contributed by atoms with Gasteiger partial charge in [0.2, 0.25) is 0 Å². The molecule has 0 radical (unpaired) electrons. The third-order valence-corrected chi connectivity index (χ3v) is 4.10. The van der Waals surface area contributed by atoms with Crippen molar-refractivity contribution in [1.29, 1.82) is 0 Å². The number of nitrogens with zero attached hydrogens (tertiary/aromatic N) is 1. The van der Waals surface area contributed by atoms with Gasteiger partial charge in [-0.3, -0.25) is 4.90 Å². The molecule has 0 amide bonds. The maximum absolute atomic E-state index is 13.0. The lowest BCUT2D eigenvalue weighted by molar-refractivity contribution is -0.199. The highest BCUT2D eigenvalue weighted by atomic mass is 19.4. The minimum atomic E-state index is -4.18. The summed E-state index contributed by atoms with van der Waals surface area (Å²) in [5, 5.41) is 8.95. The van der Waals surface area contributed by atoms with Crippen molar-refractivity contribution < 1.29 is 23.1 Å². The molecule has 0 bridgehead atoms. The van der Waals surface area contributed by atoms with Gasteiger partial charge < -0.3 is 5.11 Å². The van der Waals surface area contributed by atoms with E-state index in [1.54, 1.807) is 24.0 Å². The molecule has 2 unspecified atom stereocenters. The van der Waals surface area contributed by atoms with Crippen LogP contribution in [0.2, 0.25) is 0 Å². The molecular weight excluding hydrogens is 283 g/mol. The summed E-state index contributed by atoms with van der Waals surface area (Å²) in [4.78, 5) is 12.7. The van der Waals surface area contributed by atoms with Crippen LogP contribution >= 0.6 is 0 Å². The van der Waals surface area contributed by atoms with Crippen LogP contribution in [0.1, 0.15) is 35.7 Å². The Hall–Kier alpha value is -1.56. The number of aromatic carboxylic acids is 1. The Balaban J connectivity index is 2.12. The van der Waals surface area contributed by atoms with Gasteiger partial charge in [-0.25, -0.2) is 4.79 Å². The maximum Gasteiger partial charge on any atom is 0.393 e.